The first-order valence-electron chi connectivity index (χ1n) is 9.48. The van der Waals surface area contributed by atoms with E-state index in [4.69, 9.17) is 4.74 Å². The monoisotopic (exact) mass is 400 g/mol. The Morgan fingerprint density at radius 2 is 2.00 bits per heavy atom. The van der Waals surface area contributed by atoms with E-state index < -0.39 is 5.97 Å². The SMILES string of the molecule is Cc1cccc2c(=O)[nH]c(COC(=O)/C=C/c3cnn(Cc4ccccc4)c3)nc12. The lowest BCUT2D eigenvalue weighted by Gasteiger charge is -2.05. The standard InChI is InChI=1S/C23H20N4O3/c1-16-6-5-9-19-22(16)25-20(26-23(19)29)15-30-21(28)11-10-18-12-24-27(14-18)13-17-7-3-2-4-8-17/h2-12,14H,13,15H2,1H3,(H,25,26,29)/b11-10+. The van der Waals surface area contributed by atoms with Gasteiger partial charge in [0.1, 0.15) is 12.4 Å². The van der Waals surface area contributed by atoms with Gasteiger partial charge in [0.2, 0.25) is 0 Å². The minimum absolute atomic E-state index is 0.115. The quantitative estimate of drug-likeness (QED) is 0.396. The summed E-state index contributed by atoms with van der Waals surface area (Å²) in [7, 11) is 0. The van der Waals surface area contributed by atoms with Gasteiger partial charge in [0.15, 0.2) is 0 Å². The number of aromatic nitrogens is 4. The fourth-order valence-electron chi connectivity index (χ4n) is 3.09. The van der Waals surface area contributed by atoms with Crippen LogP contribution in [0.2, 0.25) is 0 Å². The summed E-state index contributed by atoms with van der Waals surface area (Å²) in [4.78, 5) is 31.3. The van der Waals surface area contributed by atoms with Crippen molar-refractivity contribution in [3.8, 4) is 0 Å². The van der Waals surface area contributed by atoms with Crippen molar-refractivity contribution in [2.45, 2.75) is 20.1 Å². The van der Waals surface area contributed by atoms with E-state index in [1.807, 2.05) is 49.5 Å². The van der Waals surface area contributed by atoms with E-state index in [2.05, 4.69) is 15.1 Å². The number of aromatic amines is 1. The van der Waals surface area contributed by atoms with Crippen LogP contribution in [-0.2, 0) is 22.7 Å². The molecule has 150 valence electrons. The second-order valence-electron chi connectivity index (χ2n) is 6.88. The highest BCUT2D eigenvalue weighted by Crippen LogP contribution is 2.12. The van der Waals surface area contributed by atoms with Crippen LogP contribution in [0.3, 0.4) is 0 Å². The molecule has 7 heteroatoms. The van der Waals surface area contributed by atoms with E-state index >= 15 is 0 Å². The Labute approximate surface area is 172 Å². The number of fused-ring (bicyclic) bond motifs is 1. The molecule has 1 N–H and O–H groups in total. The highest BCUT2D eigenvalue weighted by Gasteiger charge is 2.07. The number of rotatable bonds is 6. The zero-order chi connectivity index (χ0) is 20.9. The fourth-order valence-corrected chi connectivity index (χ4v) is 3.09. The van der Waals surface area contributed by atoms with Crippen molar-refractivity contribution in [3.63, 3.8) is 0 Å². The molecule has 0 aliphatic heterocycles. The molecular formula is C23H20N4O3. The van der Waals surface area contributed by atoms with Crippen LogP contribution in [0.5, 0.6) is 0 Å². The van der Waals surface area contributed by atoms with Crippen LogP contribution in [0, 0.1) is 6.92 Å². The summed E-state index contributed by atoms with van der Waals surface area (Å²) in [6, 6.07) is 15.4. The third-order valence-electron chi connectivity index (χ3n) is 4.59. The Balaban J connectivity index is 1.37. The molecule has 0 fully saturated rings. The molecule has 0 spiro atoms. The maximum absolute atomic E-state index is 12.2. The Morgan fingerprint density at radius 3 is 2.83 bits per heavy atom. The average molecular weight is 400 g/mol. The highest BCUT2D eigenvalue weighted by atomic mass is 16.5. The fraction of sp³-hybridized carbons (Fsp3) is 0.130. The van der Waals surface area contributed by atoms with Gasteiger partial charge in [-0.3, -0.25) is 9.48 Å². The van der Waals surface area contributed by atoms with E-state index in [1.54, 1.807) is 29.1 Å². The number of esters is 1. The number of hydrogen-bond acceptors (Lipinski definition) is 5. The largest absolute Gasteiger partial charge is 0.454 e. The second kappa shape index (κ2) is 8.57. The van der Waals surface area contributed by atoms with E-state index in [1.165, 1.54) is 6.08 Å². The Bertz CT molecular complexity index is 1270. The molecule has 7 nitrogen and oxygen atoms in total. The van der Waals surface area contributed by atoms with Gasteiger partial charge in [0.05, 0.1) is 23.6 Å². The van der Waals surface area contributed by atoms with Crippen LogP contribution in [0.15, 0.2) is 71.8 Å². The zero-order valence-corrected chi connectivity index (χ0v) is 16.4. The molecule has 2 aromatic carbocycles. The summed E-state index contributed by atoms with van der Waals surface area (Å²) in [6.45, 7) is 2.42. The van der Waals surface area contributed by atoms with Gasteiger partial charge in [0, 0.05) is 17.8 Å². The van der Waals surface area contributed by atoms with E-state index in [0.29, 0.717) is 23.3 Å². The maximum Gasteiger partial charge on any atom is 0.331 e. The van der Waals surface area contributed by atoms with Gasteiger partial charge in [-0.05, 0) is 30.2 Å². The summed E-state index contributed by atoms with van der Waals surface area (Å²) in [5.41, 5.74) is 3.17. The third-order valence-corrected chi connectivity index (χ3v) is 4.59. The molecule has 0 aliphatic rings. The van der Waals surface area contributed by atoms with Gasteiger partial charge in [0.25, 0.3) is 5.56 Å². The molecule has 0 amide bonds. The lowest BCUT2D eigenvalue weighted by Crippen LogP contribution is -2.14. The predicted octanol–water partition coefficient (Wildman–Crippen LogP) is 3.23. The molecule has 0 saturated heterocycles. The molecule has 4 rings (SSSR count). The number of carbonyl (C=O) groups is 1. The molecule has 30 heavy (non-hydrogen) atoms. The number of carbonyl (C=O) groups excluding carboxylic acids is 1. The molecule has 0 bridgehead atoms. The Hall–Kier alpha value is -4.00. The number of nitrogens with one attached hydrogen (secondary N) is 1. The summed E-state index contributed by atoms with van der Waals surface area (Å²) < 4.78 is 7.01. The van der Waals surface area contributed by atoms with Crippen LogP contribution >= 0.6 is 0 Å². The molecule has 0 saturated carbocycles. The first-order valence-corrected chi connectivity index (χ1v) is 9.48. The van der Waals surface area contributed by atoms with Crippen LogP contribution in [-0.4, -0.2) is 25.7 Å². The van der Waals surface area contributed by atoms with Crippen molar-refractivity contribution in [3.05, 3.63) is 99.9 Å². The number of H-pyrrole nitrogens is 1. The number of para-hydroxylation sites is 1. The number of aryl methyl sites for hydroxylation is 1. The Morgan fingerprint density at radius 1 is 1.17 bits per heavy atom. The van der Waals surface area contributed by atoms with E-state index in [-0.39, 0.29) is 12.2 Å². The van der Waals surface area contributed by atoms with Gasteiger partial charge in [-0.2, -0.15) is 5.10 Å². The minimum atomic E-state index is -0.529. The highest BCUT2D eigenvalue weighted by molar-refractivity contribution is 5.87. The van der Waals surface area contributed by atoms with Gasteiger partial charge in [-0.1, -0.05) is 42.5 Å². The Kier molecular flexibility index (Phi) is 5.52. The topological polar surface area (TPSA) is 89.9 Å². The second-order valence-corrected chi connectivity index (χ2v) is 6.88. The van der Waals surface area contributed by atoms with Crippen molar-refractivity contribution in [1.29, 1.82) is 0 Å². The molecule has 0 atom stereocenters. The predicted molar refractivity (Wildman–Crippen MR) is 114 cm³/mol. The van der Waals surface area contributed by atoms with Gasteiger partial charge >= 0.3 is 5.97 Å². The van der Waals surface area contributed by atoms with Crippen LogP contribution in [0.1, 0.15) is 22.5 Å². The summed E-state index contributed by atoms with van der Waals surface area (Å²) in [5.74, 6) is -0.224. The van der Waals surface area contributed by atoms with Crippen LogP contribution in [0.25, 0.3) is 17.0 Å². The molecule has 0 unspecified atom stereocenters. The average Bonchev–Trinajstić information content (AvgIpc) is 3.19. The minimum Gasteiger partial charge on any atom is -0.454 e. The molecule has 2 aromatic heterocycles. The van der Waals surface area contributed by atoms with Gasteiger partial charge < -0.3 is 9.72 Å². The van der Waals surface area contributed by atoms with Gasteiger partial charge in [-0.25, -0.2) is 9.78 Å². The number of hydrogen-bond donors (Lipinski definition) is 1. The van der Waals surface area contributed by atoms with E-state index in [0.717, 1.165) is 16.7 Å². The lowest BCUT2D eigenvalue weighted by atomic mass is 10.1. The normalized spacial score (nSPS) is 11.2. The van der Waals surface area contributed by atoms with Gasteiger partial charge in [-0.15, -0.1) is 0 Å². The zero-order valence-electron chi connectivity index (χ0n) is 16.4. The molecular weight excluding hydrogens is 380 g/mol. The van der Waals surface area contributed by atoms with Crippen molar-refractivity contribution in [1.82, 2.24) is 19.7 Å². The summed E-state index contributed by atoms with van der Waals surface area (Å²) in [5, 5.41) is 4.81. The molecule has 4 aromatic rings. The summed E-state index contributed by atoms with van der Waals surface area (Å²) >= 11 is 0. The van der Waals surface area contributed by atoms with Crippen molar-refractivity contribution in [2.24, 2.45) is 0 Å². The van der Waals surface area contributed by atoms with Crippen molar-refractivity contribution >= 4 is 22.9 Å². The van der Waals surface area contributed by atoms with Crippen LogP contribution in [0.4, 0.5) is 0 Å². The van der Waals surface area contributed by atoms with E-state index in [9.17, 15) is 9.59 Å². The van der Waals surface area contributed by atoms with Crippen LogP contribution < -0.4 is 5.56 Å². The number of ether oxygens (including phenoxy) is 1. The molecule has 0 radical (unpaired) electrons. The smallest absolute Gasteiger partial charge is 0.331 e. The third kappa shape index (κ3) is 4.52. The number of benzene rings is 2. The first kappa shape index (κ1) is 19.3. The van der Waals surface area contributed by atoms with Crippen molar-refractivity contribution < 1.29 is 9.53 Å². The number of nitrogens with zero attached hydrogens (tertiary/aromatic N) is 3. The first-order chi connectivity index (χ1) is 14.6. The van der Waals surface area contributed by atoms with Crippen molar-refractivity contribution in [2.75, 3.05) is 0 Å². The summed E-state index contributed by atoms with van der Waals surface area (Å²) in [6.07, 6.45) is 6.49. The lowest BCUT2D eigenvalue weighted by molar-refractivity contribution is -0.139. The maximum atomic E-state index is 12.2. The molecule has 0 aliphatic carbocycles. The molecule has 2 heterocycles.